The van der Waals surface area contributed by atoms with Crippen LogP contribution >= 0.6 is 0 Å². The number of aromatic nitrogens is 1. The maximum Gasteiger partial charge on any atom is 0.246 e. The number of rotatable bonds is 4. The normalized spacial score (nSPS) is 19.5. The van der Waals surface area contributed by atoms with Gasteiger partial charge in [0.05, 0.1) is 0 Å². The average Bonchev–Trinajstić information content (AvgIpc) is 2.98. The number of hydrogen-bond acceptors (Lipinski definition) is 3. The molecule has 29 heavy (non-hydrogen) atoms. The summed E-state index contributed by atoms with van der Waals surface area (Å²) in [6.45, 7) is 1.64. The molecule has 4 rings (SSSR count). The van der Waals surface area contributed by atoms with Gasteiger partial charge in [-0.2, -0.15) is 0 Å². The quantitative estimate of drug-likeness (QED) is 0.808. The first kappa shape index (κ1) is 19.4. The third-order valence-corrected chi connectivity index (χ3v) is 5.81. The van der Waals surface area contributed by atoms with Crippen LogP contribution in [-0.4, -0.2) is 34.8 Å². The Labute approximate surface area is 171 Å². The van der Waals surface area contributed by atoms with Crippen LogP contribution in [0.15, 0.2) is 48.7 Å². The lowest BCUT2D eigenvalue weighted by molar-refractivity contribution is -0.126. The van der Waals surface area contributed by atoms with Crippen LogP contribution in [0.25, 0.3) is 6.08 Å². The van der Waals surface area contributed by atoms with Crippen LogP contribution in [0, 0.1) is 5.92 Å². The maximum absolute atomic E-state index is 12.7. The standard InChI is InChI=1S/C24H27N3O2/c28-22-10-9-21-16-20(17-25-24(21)26-22)8-11-23(29)27-13-4-7-19(12-14-27)15-18-5-2-1-3-6-18/h1-3,5-6,8,11,16-17,19H,4,7,9-10,12-15H2,(H,25,26,28). The lowest BCUT2D eigenvalue weighted by Gasteiger charge is -2.19. The van der Waals surface area contributed by atoms with Crippen LogP contribution in [0.5, 0.6) is 0 Å². The van der Waals surface area contributed by atoms with Gasteiger partial charge in [0, 0.05) is 31.8 Å². The molecule has 0 bridgehead atoms. The monoisotopic (exact) mass is 389 g/mol. The Hall–Kier alpha value is -2.95. The molecule has 2 amide bonds. The zero-order valence-electron chi connectivity index (χ0n) is 16.6. The summed E-state index contributed by atoms with van der Waals surface area (Å²) in [5, 5.41) is 2.78. The topological polar surface area (TPSA) is 62.3 Å². The van der Waals surface area contributed by atoms with E-state index in [0.29, 0.717) is 24.6 Å². The second-order valence-corrected chi connectivity index (χ2v) is 7.97. The van der Waals surface area contributed by atoms with Gasteiger partial charge in [0.2, 0.25) is 11.8 Å². The molecule has 5 nitrogen and oxygen atoms in total. The van der Waals surface area contributed by atoms with E-state index in [1.54, 1.807) is 12.3 Å². The molecular weight excluding hydrogens is 362 g/mol. The average molecular weight is 389 g/mol. The van der Waals surface area contributed by atoms with Gasteiger partial charge in [-0.15, -0.1) is 0 Å². The van der Waals surface area contributed by atoms with Crippen molar-refractivity contribution in [3.8, 4) is 0 Å². The smallest absolute Gasteiger partial charge is 0.246 e. The predicted octanol–water partition coefficient (Wildman–Crippen LogP) is 3.85. The van der Waals surface area contributed by atoms with Gasteiger partial charge in [0.1, 0.15) is 5.82 Å². The van der Waals surface area contributed by atoms with Gasteiger partial charge < -0.3 is 10.2 Å². The molecule has 1 N–H and O–H groups in total. The number of anilines is 1. The van der Waals surface area contributed by atoms with Crippen molar-refractivity contribution >= 4 is 23.7 Å². The Kier molecular flexibility index (Phi) is 6.03. The van der Waals surface area contributed by atoms with E-state index in [9.17, 15) is 9.59 Å². The third kappa shape index (κ3) is 5.11. The number of amides is 2. The number of nitrogens with zero attached hydrogens (tertiary/aromatic N) is 2. The minimum Gasteiger partial charge on any atom is -0.339 e. The minimum absolute atomic E-state index is 0.00945. The second-order valence-electron chi connectivity index (χ2n) is 7.97. The molecule has 150 valence electrons. The predicted molar refractivity (Wildman–Crippen MR) is 114 cm³/mol. The highest BCUT2D eigenvalue weighted by molar-refractivity contribution is 5.93. The van der Waals surface area contributed by atoms with Gasteiger partial charge >= 0.3 is 0 Å². The van der Waals surface area contributed by atoms with Gasteiger partial charge in [0.15, 0.2) is 0 Å². The molecule has 2 aliphatic rings. The number of likely N-dealkylation sites (tertiary alicyclic amines) is 1. The van der Waals surface area contributed by atoms with E-state index in [-0.39, 0.29) is 11.8 Å². The Bertz CT molecular complexity index is 908. The number of aryl methyl sites for hydroxylation is 1. The Morgan fingerprint density at radius 2 is 2.03 bits per heavy atom. The summed E-state index contributed by atoms with van der Waals surface area (Å²) in [7, 11) is 0. The molecule has 2 aromatic rings. The fourth-order valence-corrected chi connectivity index (χ4v) is 4.18. The van der Waals surface area contributed by atoms with Gasteiger partial charge in [-0.1, -0.05) is 30.3 Å². The van der Waals surface area contributed by atoms with Crippen molar-refractivity contribution in [1.82, 2.24) is 9.88 Å². The summed E-state index contributed by atoms with van der Waals surface area (Å²) in [5.74, 6) is 1.35. The molecule has 1 saturated heterocycles. The van der Waals surface area contributed by atoms with E-state index in [1.807, 2.05) is 17.0 Å². The minimum atomic E-state index is 0.00945. The lowest BCUT2D eigenvalue weighted by atomic mass is 9.93. The highest BCUT2D eigenvalue weighted by atomic mass is 16.2. The Morgan fingerprint density at radius 1 is 1.17 bits per heavy atom. The fraction of sp³-hybridized carbons (Fsp3) is 0.375. The molecule has 1 aromatic heterocycles. The second kappa shape index (κ2) is 9.03. The summed E-state index contributed by atoms with van der Waals surface area (Å²) in [6, 6.07) is 12.6. The molecule has 0 saturated carbocycles. The first-order chi connectivity index (χ1) is 14.2. The maximum atomic E-state index is 12.7. The molecule has 3 heterocycles. The summed E-state index contributed by atoms with van der Waals surface area (Å²) in [5.41, 5.74) is 3.30. The van der Waals surface area contributed by atoms with Gasteiger partial charge in [-0.05, 0) is 66.9 Å². The highest BCUT2D eigenvalue weighted by Crippen LogP contribution is 2.23. The number of carbonyl (C=O) groups excluding carboxylic acids is 2. The number of hydrogen-bond donors (Lipinski definition) is 1. The molecule has 0 aliphatic carbocycles. The van der Waals surface area contributed by atoms with E-state index in [2.05, 4.69) is 40.6 Å². The number of pyridine rings is 1. The van der Waals surface area contributed by atoms with E-state index < -0.39 is 0 Å². The largest absolute Gasteiger partial charge is 0.339 e. The van der Waals surface area contributed by atoms with Crippen molar-refractivity contribution in [3.63, 3.8) is 0 Å². The highest BCUT2D eigenvalue weighted by Gasteiger charge is 2.20. The number of fused-ring (bicyclic) bond motifs is 1. The molecule has 1 unspecified atom stereocenters. The van der Waals surface area contributed by atoms with Crippen LogP contribution in [0.2, 0.25) is 0 Å². The Morgan fingerprint density at radius 3 is 2.90 bits per heavy atom. The van der Waals surface area contributed by atoms with Crippen LogP contribution in [-0.2, 0) is 22.4 Å². The summed E-state index contributed by atoms with van der Waals surface area (Å²) in [4.78, 5) is 30.4. The molecule has 0 radical (unpaired) electrons. The Balaban J connectivity index is 1.33. The van der Waals surface area contributed by atoms with E-state index in [1.165, 1.54) is 12.0 Å². The van der Waals surface area contributed by atoms with Crippen LogP contribution in [0.1, 0.15) is 42.4 Å². The fourth-order valence-electron chi connectivity index (χ4n) is 4.18. The summed E-state index contributed by atoms with van der Waals surface area (Å²) in [6.07, 6.45) is 10.7. The summed E-state index contributed by atoms with van der Waals surface area (Å²) < 4.78 is 0. The van der Waals surface area contributed by atoms with E-state index >= 15 is 0 Å². The zero-order chi connectivity index (χ0) is 20.1. The molecule has 1 aromatic carbocycles. The van der Waals surface area contributed by atoms with Crippen molar-refractivity contribution in [2.75, 3.05) is 18.4 Å². The molecule has 2 aliphatic heterocycles. The summed E-state index contributed by atoms with van der Waals surface area (Å²) >= 11 is 0. The zero-order valence-corrected chi connectivity index (χ0v) is 16.6. The molecule has 5 heteroatoms. The van der Waals surface area contributed by atoms with Crippen molar-refractivity contribution in [2.24, 2.45) is 5.92 Å². The van der Waals surface area contributed by atoms with Crippen LogP contribution in [0.3, 0.4) is 0 Å². The molecule has 0 spiro atoms. The lowest BCUT2D eigenvalue weighted by Crippen LogP contribution is -2.30. The van der Waals surface area contributed by atoms with Crippen LogP contribution in [0.4, 0.5) is 5.82 Å². The van der Waals surface area contributed by atoms with Gasteiger partial charge in [-0.25, -0.2) is 4.98 Å². The first-order valence-corrected chi connectivity index (χ1v) is 10.5. The van der Waals surface area contributed by atoms with Crippen LogP contribution < -0.4 is 5.32 Å². The number of benzene rings is 1. The SMILES string of the molecule is O=C1CCc2cc(C=CC(=O)N3CCCC(Cc4ccccc4)CC3)cnc2N1. The molecule has 1 fully saturated rings. The van der Waals surface area contributed by atoms with Crippen molar-refractivity contribution in [2.45, 2.75) is 38.5 Å². The first-order valence-electron chi connectivity index (χ1n) is 10.5. The molecular formula is C24H27N3O2. The van der Waals surface area contributed by atoms with E-state index in [4.69, 9.17) is 0 Å². The van der Waals surface area contributed by atoms with E-state index in [0.717, 1.165) is 43.5 Å². The van der Waals surface area contributed by atoms with Crippen molar-refractivity contribution in [1.29, 1.82) is 0 Å². The van der Waals surface area contributed by atoms with Crippen molar-refractivity contribution < 1.29 is 9.59 Å². The van der Waals surface area contributed by atoms with Gasteiger partial charge in [-0.3, -0.25) is 9.59 Å². The van der Waals surface area contributed by atoms with Gasteiger partial charge in [0.25, 0.3) is 0 Å². The number of nitrogens with one attached hydrogen (secondary N) is 1. The number of carbonyl (C=O) groups is 2. The van der Waals surface area contributed by atoms with Crippen molar-refractivity contribution in [3.05, 3.63) is 65.4 Å². The molecule has 1 atom stereocenters. The third-order valence-electron chi connectivity index (χ3n) is 5.81.